The third-order valence-corrected chi connectivity index (χ3v) is 4.18. The van der Waals surface area contributed by atoms with E-state index in [2.05, 4.69) is 4.90 Å². The van der Waals surface area contributed by atoms with Gasteiger partial charge in [0.2, 0.25) is 0 Å². The molecule has 0 aliphatic carbocycles. The predicted molar refractivity (Wildman–Crippen MR) is 102 cm³/mol. The summed E-state index contributed by atoms with van der Waals surface area (Å²) in [6.45, 7) is 3.72. The molecule has 0 radical (unpaired) electrons. The fourth-order valence-electron chi connectivity index (χ4n) is 2.90. The van der Waals surface area contributed by atoms with E-state index in [1.165, 1.54) is 12.1 Å². The molecule has 0 aliphatic rings. The number of nitrogens with zero attached hydrogens (tertiary/aromatic N) is 1. The molecule has 0 fully saturated rings. The summed E-state index contributed by atoms with van der Waals surface area (Å²) in [5.41, 5.74) is 2.08. The van der Waals surface area contributed by atoms with E-state index < -0.39 is 6.10 Å². The van der Waals surface area contributed by atoms with Gasteiger partial charge in [-0.05, 0) is 54.4 Å². The van der Waals surface area contributed by atoms with Gasteiger partial charge in [0.1, 0.15) is 30.0 Å². The van der Waals surface area contributed by atoms with Crippen LogP contribution in [0.15, 0.2) is 71.3 Å². The van der Waals surface area contributed by atoms with Crippen molar-refractivity contribution < 1.29 is 18.7 Å². The quantitative estimate of drug-likeness (QED) is 0.615. The average molecular weight is 369 g/mol. The second-order valence-electron chi connectivity index (χ2n) is 6.66. The molecule has 5 heteroatoms. The van der Waals surface area contributed by atoms with Crippen molar-refractivity contribution >= 4 is 0 Å². The Kier molecular flexibility index (Phi) is 6.63. The van der Waals surface area contributed by atoms with Crippen LogP contribution in [-0.4, -0.2) is 29.3 Å². The molecule has 142 valence electrons. The van der Waals surface area contributed by atoms with Gasteiger partial charge in [0.25, 0.3) is 0 Å². The fraction of sp³-hybridized carbons (Fsp3) is 0.273. The first-order valence-corrected chi connectivity index (χ1v) is 8.95. The van der Waals surface area contributed by atoms with Crippen LogP contribution in [0.4, 0.5) is 4.39 Å². The molecular weight excluding hydrogens is 345 g/mol. The van der Waals surface area contributed by atoms with Gasteiger partial charge in [-0.15, -0.1) is 0 Å². The van der Waals surface area contributed by atoms with Crippen molar-refractivity contribution in [2.75, 3.05) is 13.2 Å². The number of hydrogen-bond donors (Lipinski definition) is 1. The first-order valence-electron chi connectivity index (χ1n) is 8.95. The van der Waals surface area contributed by atoms with Crippen LogP contribution < -0.4 is 4.74 Å². The lowest BCUT2D eigenvalue weighted by Crippen LogP contribution is -2.35. The van der Waals surface area contributed by atoms with Gasteiger partial charge in [0.15, 0.2) is 0 Å². The maximum Gasteiger partial charge on any atom is 0.123 e. The number of ether oxygens (including phenoxy) is 1. The van der Waals surface area contributed by atoms with E-state index in [0.29, 0.717) is 19.6 Å². The second-order valence-corrected chi connectivity index (χ2v) is 6.66. The molecule has 1 N–H and O–H groups in total. The first-order chi connectivity index (χ1) is 13.1. The molecule has 0 saturated carbocycles. The number of furan rings is 1. The first kappa shape index (κ1) is 19.1. The number of rotatable bonds is 9. The van der Waals surface area contributed by atoms with Crippen molar-refractivity contribution in [3.8, 4) is 5.75 Å². The van der Waals surface area contributed by atoms with E-state index >= 15 is 0 Å². The van der Waals surface area contributed by atoms with Gasteiger partial charge < -0.3 is 14.3 Å². The summed E-state index contributed by atoms with van der Waals surface area (Å²) in [6, 6.07) is 17.8. The minimum Gasteiger partial charge on any atom is -0.491 e. The van der Waals surface area contributed by atoms with E-state index in [1.807, 2.05) is 43.3 Å². The van der Waals surface area contributed by atoms with Crippen LogP contribution in [0, 0.1) is 12.7 Å². The van der Waals surface area contributed by atoms with Crippen LogP contribution in [-0.2, 0) is 13.1 Å². The number of aliphatic hydroxyl groups is 1. The molecule has 0 spiro atoms. The van der Waals surface area contributed by atoms with Crippen LogP contribution in [0.25, 0.3) is 0 Å². The van der Waals surface area contributed by atoms with E-state index in [4.69, 9.17) is 9.15 Å². The van der Waals surface area contributed by atoms with Crippen molar-refractivity contribution in [2.24, 2.45) is 0 Å². The highest BCUT2D eigenvalue weighted by Gasteiger charge is 2.15. The molecule has 4 nitrogen and oxygen atoms in total. The lowest BCUT2D eigenvalue weighted by atomic mass is 10.2. The van der Waals surface area contributed by atoms with Crippen LogP contribution >= 0.6 is 0 Å². The van der Waals surface area contributed by atoms with Gasteiger partial charge >= 0.3 is 0 Å². The van der Waals surface area contributed by atoms with E-state index in [1.54, 1.807) is 18.4 Å². The van der Waals surface area contributed by atoms with E-state index in [9.17, 15) is 9.50 Å². The van der Waals surface area contributed by atoms with Gasteiger partial charge in [-0.2, -0.15) is 0 Å². The smallest absolute Gasteiger partial charge is 0.123 e. The molecule has 1 unspecified atom stereocenters. The van der Waals surface area contributed by atoms with E-state index in [-0.39, 0.29) is 12.4 Å². The molecule has 0 aliphatic heterocycles. The van der Waals surface area contributed by atoms with Crippen molar-refractivity contribution in [3.05, 3.63) is 89.6 Å². The Bertz CT molecular complexity index is 818. The molecule has 0 bridgehead atoms. The Balaban J connectivity index is 1.60. The van der Waals surface area contributed by atoms with Crippen LogP contribution in [0.3, 0.4) is 0 Å². The number of aryl methyl sites for hydroxylation is 1. The maximum absolute atomic E-state index is 13.1. The highest BCUT2D eigenvalue weighted by Crippen LogP contribution is 2.15. The van der Waals surface area contributed by atoms with Gasteiger partial charge in [-0.1, -0.05) is 24.3 Å². The highest BCUT2D eigenvalue weighted by atomic mass is 19.1. The van der Waals surface area contributed by atoms with Gasteiger partial charge in [0.05, 0.1) is 12.8 Å². The van der Waals surface area contributed by atoms with Crippen molar-refractivity contribution in [1.82, 2.24) is 4.90 Å². The Labute approximate surface area is 158 Å². The third kappa shape index (κ3) is 6.24. The molecule has 1 atom stereocenters. The maximum atomic E-state index is 13.1. The normalized spacial score (nSPS) is 12.3. The second kappa shape index (κ2) is 9.35. The lowest BCUT2D eigenvalue weighted by molar-refractivity contribution is 0.0604. The summed E-state index contributed by atoms with van der Waals surface area (Å²) in [7, 11) is 0. The zero-order chi connectivity index (χ0) is 19.1. The summed E-state index contributed by atoms with van der Waals surface area (Å²) in [5, 5.41) is 10.4. The molecule has 1 aromatic heterocycles. The molecule has 3 aromatic rings. The summed E-state index contributed by atoms with van der Waals surface area (Å²) in [6.07, 6.45) is 0.962. The molecule has 1 heterocycles. The molecule has 0 amide bonds. The van der Waals surface area contributed by atoms with Crippen molar-refractivity contribution in [2.45, 2.75) is 26.1 Å². The highest BCUT2D eigenvalue weighted by molar-refractivity contribution is 5.27. The zero-order valence-corrected chi connectivity index (χ0v) is 15.3. The minimum atomic E-state index is -0.666. The molecule has 27 heavy (non-hydrogen) atoms. The van der Waals surface area contributed by atoms with Gasteiger partial charge in [-0.3, -0.25) is 4.90 Å². The predicted octanol–water partition coefficient (Wildman–Crippen LogP) is 4.17. The average Bonchev–Trinajstić information content (AvgIpc) is 3.15. The van der Waals surface area contributed by atoms with E-state index in [0.717, 1.165) is 22.6 Å². The summed E-state index contributed by atoms with van der Waals surface area (Å²) in [4.78, 5) is 2.05. The number of benzene rings is 2. The van der Waals surface area contributed by atoms with Gasteiger partial charge in [-0.25, -0.2) is 4.39 Å². The standard InChI is InChI=1S/C22H24FNO3/c1-17-4-2-5-21(12-17)27-16-20(25)14-24(15-22-6-3-11-26-22)13-18-7-9-19(23)10-8-18/h2-12,20,25H,13-16H2,1H3. The zero-order valence-electron chi connectivity index (χ0n) is 15.3. The Hall–Kier alpha value is -2.63. The summed E-state index contributed by atoms with van der Waals surface area (Å²) in [5.74, 6) is 1.29. The SMILES string of the molecule is Cc1cccc(OCC(O)CN(Cc2ccc(F)cc2)Cc2ccco2)c1. The number of hydrogen-bond acceptors (Lipinski definition) is 4. The third-order valence-electron chi connectivity index (χ3n) is 4.18. The minimum absolute atomic E-state index is 0.196. The lowest BCUT2D eigenvalue weighted by Gasteiger charge is -2.24. The van der Waals surface area contributed by atoms with Crippen LogP contribution in [0.2, 0.25) is 0 Å². The van der Waals surface area contributed by atoms with Crippen molar-refractivity contribution in [1.29, 1.82) is 0 Å². The van der Waals surface area contributed by atoms with Crippen molar-refractivity contribution in [3.63, 3.8) is 0 Å². The summed E-state index contributed by atoms with van der Waals surface area (Å²) < 4.78 is 24.3. The Morgan fingerprint density at radius 2 is 1.89 bits per heavy atom. The molecule has 2 aromatic carbocycles. The Morgan fingerprint density at radius 3 is 2.59 bits per heavy atom. The molecule has 3 rings (SSSR count). The topological polar surface area (TPSA) is 45.8 Å². The fourth-order valence-corrected chi connectivity index (χ4v) is 2.90. The number of aliphatic hydroxyl groups excluding tert-OH is 1. The monoisotopic (exact) mass is 369 g/mol. The van der Waals surface area contributed by atoms with Gasteiger partial charge in [0, 0.05) is 13.1 Å². The van der Waals surface area contributed by atoms with Crippen LogP contribution in [0.1, 0.15) is 16.9 Å². The molecular formula is C22H24FNO3. The number of halogens is 1. The van der Waals surface area contributed by atoms with Crippen LogP contribution in [0.5, 0.6) is 5.75 Å². The summed E-state index contributed by atoms with van der Waals surface area (Å²) >= 11 is 0. The molecule has 0 saturated heterocycles. The Morgan fingerprint density at radius 1 is 1.07 bits per heavy atom. The largest absolute Gasteiger partial charge is 0.491 e.